The summed E-state index contributed by atoms with van der Waals surface area (Å²) >= 11 is 0. The van der Waals surface area contributed by atoms with Crippen LogP contribution < -0.4 is 11.1 Å². The van der Waals surface area contributed by atoms with Gasteiger partial charge >= 0.3 is 0 Å². The van der Waals surface area contributed by atoms with Crippen LogP contribution in [0.2, 0.25) is 0 Å². The Labute approximate surface area is 91.5 Å². The fourth-order valence-corrected chi connectivity index (χ4v) is 1.59. The molecule has 0 aromatic heterocycles. The molecule has 3 N–H and O–H groups in total. The van der Waals surface area contributed by atoms with Gasteiger partial charge in [-0.15, -0.1) is 0 Å². The number of primary amides is 1. The highest BCUT2D eigenvalue weighted by molar-refractivity contribution is 5.80. The van der Waals surface area contributed by atoms with Crippen LogP contribution in [0.3, 0.4) is 0 Å². The second kappa shape index (κ2) is 4.94. The molecule has 0 atom stereocenters. The van der Waals surface area contributed by atoms with Crippen LogP contribution in [-0.4, -0.2) is 31.2 Å². The third-order valence-electron chi connectivity index (χ3n) is 3.00. The van der Waals surface area contributed by atoms with Crippen molar-refractivity contribution < 1.29 is 9.53 Å². The van der Waals surface area contributed by atoms with E-state index < -0.39 is 5.41 Å². The lowest BCUT2D eigenvalue weighted by atomic mass is 9.86. The van der Waals surface area contributed by atoms with E-state index >= 15 is 0 Å². The number of hydrogen-bond donors (Lipinski definition) is 2. The molecule has 0 aromatic carbocycles. The molecule has 1 rings (SSSR count). The predicted molar refractivity (Wildman–Crippen MR) is 59.4 cm³/mol. The Kier molecular flexibility index (Phi) is 4.11. The fourth-order valence-electron chi connectivity index (χ4n) is 1.59. The van der Waals surface area contributed by atoms with E-state index in [4.69, 9.17) is 10.5 Å². The minimum atomic E-state index is -0.462. The van der Waals surface area contributed by atoms with Crippen LogP contribution in [0.25, 0.3) is 0 Å². The number of carbonyl (C=O) groups excluding carboxylic acids is 1. The number of hydrogen-bond acceptors (Lipinski definition) is 3. The minimum Gasteiger partial charge on any atom is -0.378 e. The lowest BCUT2D eigenvalue weighted by Gasteiger charge is -2.37. The Morgan fingerprint density at radius 3 is 2.60 bits per heavy atom. The zero-order chi connectivity index (χ0) is 11.5. The molecule has 88 valence electrons. The van der Waals surface area contributed by atoms with Gasteiger partial charge in [-0.3, -0.25) is 4.79 Å². The molecular weight excluding hydrogens is 192 g/mol. The number of rotatable bonds is 6. The Balaban J connectivity index is 2.15. The zero-order valence-corrected chi connectivity index (χ0v) is 9.88. The van der Waals surface area contributed by atoms with Crippen LogP contribution >= 0.6 is 0 Å². The lowest BCUT2D eigenvalue weighted by Crippen LogP contribution is -2.50. The first-order chi connectivity index (χ1) is 6.95. The molecule has 4 nitrogen and oxygen atoms in total. The Hall–Kier alpha value is -0.610. The molecule has 0 aliphatic heterocycles. The molecule has 4 heteroatoms. The molecule has 0 bridgehead atoms. The molecule has 0 aromatic rings. The first kappa shape index (κ1) is 12.5. The smallest absolute Gasteiger partial charge is 0.224 e. The van der Waals surface area contributed by atoms with Crippen LogP contribution in [-0.2, 0) is 9.53 Å². The molecule has 15 heavy (non-hydrogen) atoms. The second-order valence-corrected chi connectivity index (χ2v) is 4.87. The number of nitrogens with two attached hydrogens (primary N) is 1. The Morgan fingerprint density at radius 2 is 2.13 bits per heavy atom. The quantitative estimate of drug-likeness (QED) is 0.682. The molecule has 0 unspecified atom stereocenters. The SMILES string of the molecule is CCOC1CC(NCC(C)(C)C(N)=O)C1. The van der Waals surface area contributed by atoms with Crippen LogP contribution in [0.5, 0.6) is 0 Å². The molecular formula is C11H22N2O2. The maximum atomic E-state index is 11.1. The summed E-state index contributed by atoms with van der Waals surface area (Å²) in [6, 6.07) is 0.486. The van der Waals surface area contributed by atoms with E-state index in [1.807, 2.05) is 20.8 Å². The zero-order valence-electron chi connectivity index (χ0n) is 9.88. The van der Waals surface area contributed by atoms with E-state index in [2.05, 4.69) is 5.32 Å². The first-order valence-electron chi connectivity index (χ1n) is 5.60. The van der Waals surface area contributed by atoms with Gasteiger partial charge in [0.05, 0.1) is 11.5 Å². The second-order valence-electron chi connectivity index (χ2n) is 4.87. The summed E-state index contributed by atoms with van der Waals surface area (Å²) in [5.74, 6) is -0.254. The highest BCUT2D eigenvalue weighted by atomic mass is 16.5. The summed E-state index contributed by atoms with van der Waals surface area (Å²) in [4.78, 5) is 11.1. The normalized spacial score (nSPS) is 26.1. The van der Waals surface area contributed by atoms with Gasteiger partial charge in [0.2, 0.25) is 5.91 Å². The van der Waals surface area contributed by atoms with E-state index in [1.165, 1.54) is 0 Å². The summed E-state index contributed by atoms with van der Waals surface area (Å²) in [6.07, 6.45) is 2.50. The van der Waals surface area contributed by atoms with Crippen molar-refractivity contribution in [1.82, 2.24) is 5.32 Å². The van der Waals surface area contributed by atoms with Crippen molar-refractivity contribution in [3.05, 3.63) is 0 Å². The monoisotopic (exact) mass is 214 g/mol. The number of carbonyl (C=O) groups is 1. The molecule has 1 aliphatic rings. The summed E-state index contributed by atoms with van der Waals surface area (Å²) in [5.41, 5.74) is 4.83. The molecule has 0 spiro atoms. The average Bonchev–Trinajstić information content (AvgIpc) is 2.08. The van der Waals surface area contributed by atoms with Gasteiger partial charge < -0.3 is 15.8 Å². The van der Waals surface area contributed by atoms with Crippen LogP contribution in [0.15, 0.2) is 0 Å². The first-order valence-corrected chi connectivity index (χ1v) is 5.60. The Bertz CT molecular complexity index is 223. The Morgan fingerprint density at radius 1 is 1.53 bits per heavy atom. The van der Waals surface area contributed by atoms with Crippen LogP contribution in [0, 0.1) is 5.41 Å². The number of nitrogens with one attached hydrogen (secondary N) is 1. The summed E-state index contributed by atoms with van der Waals surface area (Å²) in [7, 11) is 0. The highest BCUT2D eigenvalue weighted by Crippen LogP contribution is 2.24. The summed E-state index contributed by atoms with van der Waals surface area (Å²) < 4.78 is 5.46. The van der Waals surface area contributed by atoms with Crippen molar-refractivity contribution in [3.8, 4) is 0 Å². The van der Waals surface area contributed by atoms with E-state index in [0.717, 1.165) is 19.4 Å². The molecule has 1 fully saturated rings. The van der Waals surface area contributed by atoms with Crippen molar-refractivity contribution in [1.29, 1.82) is 0 Å². The molecule has 1 aliphatic carbocycles. The van der Waals surface area contributed by atoms with Crippen molar-refractivity contribution in [3.63, 3.8) is 0 Å². The van der Waals surface area contributed by atoms with Gasteiger partial charge in [0.1, 0.15) is 0 Å². The fraction of sp³-hybridized carbons (Fsp3) is 0.909. The summed E-state index contributed by atoms with van der Waals surface area (Å²) in [5, 5.41) is 3.35. The molecule has 1 amide bonds. The van der Waals surface area contributed by atoms with Crippen LogP contribution in [0.1, 0.15) is 33.6 Å². The van der Waals surface area contributed by atoms with E-state index in [9.17, 15) is 4.79 Å². The van der Waals surface area contributed by atoms with Gasteiger partial charge in [-0.25, -0.2) is 0 Å². The highest BCUT2D eigenvalue weighted by Gasteiger charge is 2.32. The van der Waals surface area contributed by atoms with Crippen LogP contribution in [0.4, 0.5) is 0 Å². The molecule has 0 saturated heterocycles. The standard InChI is InChI=1S/C11H22N2O2/c1-4-15-9-5-8(6-9)13-7-11(2,3)10(12)14/h8-9,13H,4-7H2,1-3H3,(H2,12,14). The number of amides is 1. The van der Waals surface area contributed by atoms with Crippen molar-refractivity contribution in [2.24, 2.45) is 11.1 Å². The van der Waals surface area contributed by atoms with E-state index in [-0.39, 0.29) is 5.91 Å². The van der Waals surface area contributed by atoms with Gasteiger partial charge in [-0.1, -0.05) is 0 Å². The van der Waals surface area contributed by atoms with Gasteiger partial charge in [0.25, 0.3) is 0 Å². The third kappa shape index (κ3) is 3.47. The van der Waals surface area contributed by atoms with Gasteiger partial charge in [0, 0.05) is 19.2 Å². The maximum absolute atomic E-state index is 11.1. The third-order valence-corrected chi connectivity index (χ3v) is 3.00. The predicted octanol–water partition coefficient (Wildman–Crippen LogP) is 0.655. The summed E-state index contributed by atoms with van der Waals surface area (Å²) in [6.45, 7) is 7.16. The molecule has 0 heterocycles. The van der Waals surface area contributed by atoms with Gasteiger partial charge in [-0.05, 0) is 33.6 Å². The van der Waals surface area contributed by atoms with Crippen molar-refractivity contribution in [2.75, 3.05) is 13.2 Å². The van der Waals surface area contributed by atoms with E-state index in [1.54, 1.807) is 0 Å². The van der Waals surface area contributed by atoms with Gasteiger partial charge in [-0.2, -0.15) is 0 Å². The molecule has 1 saturated carbocycles. The lowest BCUT2D eigenvalue weighted by molar-refractivity contribution is -0.126. The van der Waals surface area contributed by atoms with E-state index in [0.29, 0.717) is 18.7 Å². The largest absolute Gasteiger partial charge is 0.378 e. The van der Waals surface area contributed by atoms with Crippen molar-refractivity contribution >= 4 is 5.91 Å². The molecule has 0 radical (unpaired) electrons. The average molecular weight is 214 g/mol. The minimum absolute atomic E-state index is 0.254. The topological polar surface area (TPSA) is 64.3 Å². The number of ether oxygens (including phenoxy) is 1. The van der Waals surface area contributed by atoms with Crippen molar-refractivity contribution in [2.45, 2.75) is 45.8 Å². The maximum Gasteiger partial charge on any atom is 0.224 e. The van der Waals surface area contributed by atoms with Gasteiger partial charge in [0.15, 0.2) is 0 Å².